The average Bonchev–Trinajstić information content (AvgIpc) is 3.24. The van der Waals surface area contributed by atoms with Gasteiger partial charge in [-0.3, -0.25) is 0 Å². The van der Waals surface area contributed by atoms with E-state index in [1.807, 2.05) is 74.5 Å². The highest BCUT2D eigenvalue weighted by atomic mass is 32.2. The van der Waals surface area contributed by atoms with Crippen molar-refractivity contribution in [3.05, 3.63) is 92.7 Å². The Bertz CT molecular complexity index is 1100. The van der Waals surface area contributed by atoms with Crippen LogP contribution in [0.3, 0.4) is 0 Å². The van der Waals surface area contributed by atoms with Gasteiger partial charge in [-0.1, -0.05) is 60.7 Å². The molecule has 152 valence electrons. The molecule has 4 rings (SSSR count). The van der Waals surface area contributed by atoms with Gasteiger partial charge < -0.3 is 9.47 Å². The molecule has 0 radical (unpaired) electrons. The summed E-state index contributed by atoms with van der Waals surface area (Å²) in [6, 6.07) is 19.1. The maximum atomic E-state index is 12.9. The minimum Gasteiger partial charge on any atom is -0.457 e. The van der Waals surface area contributed by atoms with Crippen molar-refractivity contribution in [1.29, 1.82) is 0 Å². The van der Waals surface area contributed by atoms with Crippen LogP contribution in [-0.2, 0) is 22.7 Å². The summed E-state index contributed by atoms with van der Waals surface area (Å²) in [7, 11) is 0. The van der Waals surface area contributed by atoms with E-state index in [4.69, 9.17) is 9.47 Å². The molecule has 0 bridgehead atoms. The molecule has 30 heavy (non-hydrogen) atoms. The third kappa shape index (κ3) is 4.15. The summed E-state index contributed by atoms with van der Waals surface area (Å²) in [4.78, 5) is 27.5. The van der Waals surface area contributed by atoms with Gasteiger partial charge in [0.25, 0.3) is 0 Å². The molecular weight excluding hydrogens is 416 g/mol. The minimum atomic E-state index is -0.419. The topological polar surface area (TPSA) is 52.6 Å². The van der Waals surface area contributed by atoms with Gasteiger partial charge in [-0.2, -0.15) is 0 Å². The maximum Gasteiger partial charge on any atom is 0.340 e. The number of esters is 2. The fourth-order valence-corrected chi connectivity index (χ4v) is 5.93. The lowest BCUT2D eigenvalue weighted by atomic mass is 10.1. The van der Waals surface area contributed by atoms with E-state index in [0.717, 1.165) is 24.9 Å². The minimum absolute atomic E-state index is 0.188. The first-order valence-electron chi connectivity index (χ1n) is 9.49. The van der Waals surface area contributed by atoms with Gasteiger partial charge in [0.1, 0.15) is 13.2 Å². The van der Waals surface area contributed by atoms with Gasteiger partial charge in [0.05, 0.1) is 15.1 Å². The van der Waals surface area contributed by atoms with Gasteiger partial charge in [-0.25, -0.2) is 9.59 Å². The van der Waals surface area contributed by atoms with E-state index in [2.05, 4.69) is 0 Å². The largest absolute Gasteiger partial charge is 0.457 e. The fourth-order valence-electron chi connectivity index (χ4n) is 3.27. The van der Waals surface area contributed by atoms with Crippen LogP contribution in [0.25, 0.3) is 9.40 Å². The zero-order valence-electron chi connectivity index (χ0n) is 16.6. The second kappa shape index (κ2) is 8.81. The van der Waals surface area contributed by atoms with Crippen molar-refractivity contribution >= 4 is 44.0 Å². The van der Waals surface area contributed by atoms with Crippen LogP contribution in [-0.4, -0.2) is 11.9 Å². The molecule has 0 aliphatic rings. The van der Waals surface area contributed by atoms with E-state index >= 15 is 0 Å². The molecule has 0 unspecified atom stereocenters. The van der Waals surface area contributed by atoms with E-state index < -0.39 is 11.9 Å². The highest BCUT2D eigenvalue weighted by Gasteiger charge is 2.27. The number of fused-ring (bicyclic) bond motifs is 1. The molecule has 4 nitrogen and oxygen atoms in total. The van der Waals surface area contributed by atoms with Crippen LogP contribution >= 0.6 is 22.7 Å². The van der Waals surface area contributed by atoms with Gasteiger partial charge in [-0.05, 0) is 25.0 Å². The molecule has 0 fully saturated rings. The Morgan fingerprint density at radius 2 is 1.10 bits per heavy atom. The van der Waals surface area contributed by atoms with Crippen molar-refractivity contribution in [2.75, 3.05) is 0 Å². The molecule has 0 aliphatic heterocycles. The van der Waals surface area contributed by atoms with Crippen molar-refractivity contribution in [2.24, 2.45) is 0 Å². The number of carbonyl (C=O) groups is 2. The summed E-state index contributed by atoms with van der Waals surface area (Å²) in [5, 5.41) is 0.649. The molecule has 2 heterocycles. The van der Waals surface area contributed by atoms with Gasteiger partial charge in [0.2, 0.25) is 0 Å². The number of hydrogen-bond donors (Lipinski definition) is 0. The number of hydrogen-bond acceptors (Lipinski definition) is 6. The summed E-state index contributed by atoms with van der Waals surface area (Å²) >= 11 is 3.01. The lowest BCUT2D eigenvalue weighted by Gasteiger charge is -2.08. The van der Waals surface area contributed by atoms with E-state index in [-0.39, 0.29) is 13.2 Å². The van der Waals surface area contributed by atoms with Crippen LogP contribution in [0, 0.1) is 13.8 Å². The Balaban J connectivity index is 1.60. The van der Waals surface area contributed by atoms with Gasteiger partial charge in [-0.15, -0.1) is 22.7 Å². The highest BCUT2D eigenvalue weighted by Crippen LogP contribution is 2.41. The van der Waals surface area contributed by atoms with Gasteiger partial charge in [0.15, 0.2) is 0 Å². The molecule has 6 heteroatoms. The highest BCUT2D eigenvalue weighted by molar-refractivity contribution is 7.38. The average molecular weight is 437 g/mol. The Morgan fingerprint density at radius 3 is 1.50 bits per heavy atom. The van der Waals surface area contributed by atoms with Crippen molar-refractivity contribution in [2.45, 2.75) is 27.1 Å². The zero-order chi connectivity index (χ0) is 21.1. The predicted molar refractivity (Wildman–Crippen MR) is 120 cm³/mol. The van der Waals surface area contributed by atoms with E-state index in [1.54, 1.807) is 0 Å². The third-order valence-electron chi connectivity index (χ3n) is 4.73. The van der Waals surface area contributed by atoms with Crippen molar-refractivity contribution in [1.82, 2.24) is 0 Å². The Hall–Kier alpha value is -2.96. The number of ether oxygens (including phenoxy) is 2. The molecule has 0 N–H and O–H groups in total. The first kappa shape index (κ1) is 20.3. The lowest BCUT2D eigenvalue weighted by molar-refractivity contribution is 0.0474. The Labute approximate surface area is 182 Å². The monoisotopic (exact) mass is 436 g/mol. The summed E-state index contributed by atoms with van der Waals surface area (Å²) in [5.74, 6) is -0.838. The lowest BCUT2D eigenvalue weighted by Crippen LogP contribution is -2.10. The molecule has 2 aromatic carbocycles. The molecule has 0 spiro atoms. The molecule has 0 amide bonds. The number of aryl methyl sites for hydroxylation is 2. The molecule has 4 aromatic rings. The molecule has 0 saturated heterocycles. The molecular formula is C24H20O4S2. The first-order valence-corrected chi connectivity index (χ1v) is 11.1. The smallest absolute Gasteiger partial charge is 0.340 e. The number of benzene rings is 2. The summed E-state index contributed by atoms with van der Waals surface area (Å²) in [6.45, 7) is 4.14. The molecule has 0 atom stereocenters. The van der Waals surface area contributed by atoms with E-state index in [0.29, 0.717) is 16.5 Å². The summed E-state index contributed by atoms with van der Waals surface area (Å²) in [5.41, 5.74) is 2.75. The normalized spacial score (nSPS) is 10.9. The number of rotatable bonds is 6. The molecule has 0 aliphatic carbocycles. The number of carbonyl (C=O) groups excluding carboxylic acids is 2. The molecule has 0 saturated carbocycles. The SMILES string of the molecule is Cc1sc2sc(C)c(C(=O)OCc3ccccc3)c2c1C(=O)OCc1ccccc1. The standard InChI is InChI=1S/C24H20O4S2/c1-15-19(22(25)27-13-17-9-5-3-6-10-17)21-20(16(2)30-24(21)29-15)23(26)28-14-18-11-7-4-8-12-18/h3-12H,13-14H2,1-2H3. The Kier molecular flexibility index (Phi) is 5.97. The van der Waals surface area contributed by atoms with Crippen LogP contribution in [0.1, 0.15) is 41.6 Å². The predicted octanol–water partition coefficient (Wildman–Crippen LogP) is 6.29. The quantitative estimate of drug-likeness (QED) is 0.333. The van der Waals surface area contributed by atoms with Crippen LogP contribution in [0.5, 0.6) is 0 Å². The summed E-state index contributed by atoms with van der Waals surface area (Å²) in [6.07, 6.45) is 0. The molecule has 2 aromatic heterocycles. The van der Waals surface area contributed by atoms with Gasteiger partial charge in [0, 0.05) is 15.1 Å². The number of thiophene rings is 2. The second-order valence-electron chi connectivity index (χ2n) is 6.85. The van der Waals surface area contributed by atoms with Crippen molar-refractivity contribution < 1.29 is 19.1 Å². The van der Waals surface area contributed by atoms with Crippen LogP contribution in [0.4, 0.5) is 0 Å². The van der Waals surface area contributed by atoms with E-state index in [9.17, 15) is 9.59 Å². The van der Waals surface area contributed by atoms with Gasteiger partial charge >= 0.3 is 11.9 Å². The third-order valence-corrected chi connectivity index (χ3v) is 7.03. The maximum absolute atomic E-state index is 12.9. The van der Waals surface area contributed by atoms with Crippen LogP contribution in [0.2, 0.25) is 0 Å². The van der Waals surface area contributed by atoms with Crippen LogP contribution < -0.4 is 0 Å². The zero-order valence-corrected chi connectivity index (χ0v) is 18.3. The fraction of sp³-hybridized carbons (Fsp3) is 0.167. The van der Waals surface area contributed by atoms with Crippen molar-refractivity contribution in [3.8, 4) is 0 Å². The van der Waals surface area contributed by atoms with Crippen LogP contribution in [0.15, 0.2) is 60.7 Å². The first-order chi connectivity index (χ1) is 14.5. The second-order valence-corrected chi connectivity index (χ2v) is 9.56. The summed E-state index contributed by atoms with van der Waals surface area (Å²) < 4.78 is 12.0. The Morgan fingerprint density at radius 1 is 0.700 bits per heavy atom. The van der Waals surface area contributed by atoms with E-state index in [1.165, 1.54) is 22.7 Å². The van der Waals surface area contributed by atoms with Crippen molar-refractivity contribution in [3.63, 3.8) is 0 Å².